The van der Waals surface area contributed by atoms with Crippen molar-refractivity contribution in [2.24, 2.45) is 0 Å². The van der Waals surface area contributed by atoms with Gasteiger partial charge in [-0.05, 0) is 24.7 Å². The van der Waals surface area contributed by atoms with Gasteiger partial charge in [0.15, 0.2) is 11.5 Å². The van der Waals surface area contributed by atoms with Gasteiger partial charge < -0.3 is 14.8 Å². The summed E-state index contributed by atoms with van der Waals surface area (Å²) in [5.41, 5.74) is 1.30. The van der Waals surface area contributed by atoms with Gasteiger partial charge in [0, 0.05) is 28.0 Å². The highest BCUT2D eigenvalue weighted by Gasteiger charge is 2.31. The Hall–Kier alpha value is -0.520. The van der Waals surface area contributed by atoms with Gasteiger partial charge in [0.1, 0.15) is 13.2 Å². The minimum Gasteiger partial charge on any atom is -0.486 e. The lowest BCUT2D eigenvalue weighted by Crippen LogP contribution is -2.36. The van der Waals surface area contributed by atoms with Crippen LogP contribution in [-0.4, -0.2) is 42.3 Å². The molecule has 5 heteroatoms. The van der Waals surface area contributed by atoms with E-state index in [9.17, 15) is 0 Å². The molecule has 2 heterocycles. The van der Waals surface area contributed by atoms with Gasteiger partial charge in [-0.15, -0.1) is 0 Å². The maximum Gasteiger partial charge on any atom is 0.161 e. The van der Waals surface area contributed by atoms with Crippen LogP contribution in [0.1, 0.15) is 18.5 Å². The molecular formula is C15H21NO2S2. The Morgan fingerprint density at radius 3 is 2.65 bits per heavy atom. The van der Waals surface area contributed by atoms with Crippen LogP contribution in [0.2, 0.25) is 0 Å². The highest BCUT2D eigenvalue weighted by atomic mass is 32.2. The van der Waals surface area contributed by atoms with Gasteiger partial charge in [-0.25, -0.2) is 0 Å². The molecule has 0 saturated carbocycles. The fraction of sp³-hybridized carbons (Fsp3) is 0.600. The topological polar surface area (TPSA) is 30.5 Å². The van der Waals surface area contributed by atoms with E-state index in [0.29, 0.717) is 29.8 Å². The van der Waals surface area contributed by atoms with Gasteiger partial charge in [-0.1, -0.05) is 13.0 Å². The number of nitrogens with one attached hydrogen (secondary N) is 1. The molecule has 0 aromatic heterocycles. The van der Waals surface area contributed by atoms with Gasteiger partial charge >= 0.3 is 0 Å². The lowest BCUT2D eigenvalue weighted by molar-refractivity contribution is 0.171. The zero-order valence-electron chi connectivity index (χ0n) is 11.9. The average Bonchev–Trinajstić information content (AvgIpc) is 2.50. The lowest BCUT2D eigenvalue weighted by atomic mass is 10.0. The predicted octanol–water partition coefficient (Wildman–Crippen LogP) is 2.96. The molecule has 0 radical (unpaired) electrons. The number of rotatable bonds is 3. The molecule has 1 aromatic carbocycles. The third-order valence-corrected chi connectivity index (χ3v) is 7.00. The molecular weight excluding hydrogens is 290 g/mol. The molecule has 20 heavy (non-hydrogen) atoms. The minimum atomic E-state index is 0.360. The summed E-state index contributed by atoms with van der Waals surface area (Å²) in [7, 11) is 2.05. The Balaban J connectivity index is 1.85. The average molecular weight is 311 g/mol. The Kier molecular flexibility index (Phi) is 4.68. The third kappa shape index (κ3) is 2.90. The summed E-state index contributed by atoms with van der Waals surface area (Å²) < 4.78 is 11.3. The third-order valence-electron chi connectivity index (χ3n) is 3.80. The molecule has 1 N–H and O–H groups in total. The fourth-order valence-corrected chi connectivity index (χ4v) is 5.78. The predicted molar refractivity (Wildman–Crippen MR) is 87.4 cm³/mol. The Morgan fingerprint density at radius 2 is 1.90 bits per heavy atom. The van der Waals surface area contributed by atoms with Crippen molar-refractivity contribution in [1.82, 2.24) is 5.32 Å². The van der Waals surface area contributed by atoms with E-state index in [1.165, 1.54) is 17.1 Å². The number of hydrogen-bond acceptors (Lipinski definition) is 5. The zero-order chi connectivity index (χ0) is 13.9. The van der Waals surface area contributed by atoms with Crippen molar-refractivity contribution >= 4 is 23.5 Å². The summed E-state index contributed by atoms with van der Waals surface area (Å²) in [6.07, 6.45) is 0. The molecule has 110 valence electrons. The van der Waals surface area contributed by atoms with E-state index in [1.54, 1.807) is 0 Å². The molecule has 2 aliphatic rings. The van der Waals surface area contributed by atoms with E-state index in [0.717, 1.165) is 11.5 Å². The molecule has 1 saturated heterocycles. The van der Waals surface area contributed by atoms with Crippen LogP contribution in [0.3, 0.4) is 0 Å². The first-order valence-electron chi connectivity index (χ1n) is 7.09. The van der Waals surface area contributed by atoms with E-state index < -0.39 is 0 Å². The molecule has 0 aliphatic carbocycles. The largest absolute Gasteiger partial charge is 0.486 e. The first-order chi connectivity index (χ1) is 9.79. The van der Waals surface area contributed by atoms with Crippen LogP contribution in [0.25, 0.3) is 0 Å². The zero-order valence-corrected chi connectivity index (χ0v) is 13.6. The Bertz CT molecular complexity index is 469. The molecule has 1 fully saturated rings. The first-order valence-corrected chi connectivity index (χ1v) is 9.19. The summed E-state index contributed by atoms with van der Waals surface area (Å²) in [4.78, 5) is 0. The summed E-state index contributed by atoms with van der Waals surface area (Å²) in [5.74, 6) is 4.26. The number of hydrogen-bond donors (Lipinski definition) is 1. The minimum absolute atomic E-state index is 0.360. The summed E-state index contributed by atoms with van der Waals surface area (Å²) in [6, 6.07) is 6.71. The van der Waals surface area contributed by atoms with Crippen molar-refractivity contribution < 1.29 is 9.47 Å². The molecule has 0 bridgehead atoms. The van der Waals surface area contributed by atoms with Gasteiger partial charge in [0.05, 0.1) is 0 Å². The van der Waals surface area contributed by atoms with Crippen LogP contribution in [-0.2, 0) is 0 Å². The van der Waals surface area contributed by atoms with Crippen LogP contribution in [0.15, 0.2) is 18.2 Å². The van der Waals surface area contributed by atoms with Crippen LogP contribution in [0.5, 0.6) is 11.5 Å². The number of thioether (sulfide) groups is 2. The normalized spacial score (nSPS) is 27.1. The number of ether oxygens (including phenoxy) is 2. The van der Waals surface area contributed by atoms with Crippen molar-refractivity contribution in [3.05, 3.63) is 23.8 Å². The van der Waals surface area contributed by atoms with Gasteiger partial charge in [0.25, 0.3) is 0 Å². The molecule has 0 spiro atoms. The molecule has 3 nitrogen and oxygen atoms in total. The molecule has 1 aromatic rings. The maximum absolute atomic E-state index is 5.71. The standard InChI is InChI=1S/C15H21NO2S2/c1-10-15(20-8-7-19-10)14(16-2)11-3-4-12-13(9-11)18-6-5-17-12/h3-4,9-10,14-16H,5-8H2,1-2H3. The SMILES string of the molecule is CNC(c1ccc2c(c1)OCCO2)C1SCCSC1C. The van der Waals surface area contributed by atoms with Crippen molar-refractivity contribution in [2.75, 3.05) is 31.8 Å². The number of fused-ring (bicyclic) bond motifs is 1. The first kappa shape index (κ1) is 14.4. The smallest absolute Gasteiger partial charge is 0.161 e. The highest BCUT2D eigenvalue weighted by molar-refractivity contribution is 8.07. The molecule has 3 atom stereocenters. The van der Waals surface area contributed by atoms with Gasteiger partial charge in [0.2, 0.25) is 0 Å². The lowest BCUT2D eigenvalue weighted by Gasteiger charge is -2.35. The quantitative estimate of drug-likeness (QED) is 0.927. The van der Waals surface area contributed by atoms with Gasteiger partial charge in [-0.2, -0.15) is 23.5 Å². The summed E-state index contributed by atoms with van der Waals surface area (Å²) >= 11 is 4.16. The van der Waals surface area contributed by atoms with E-state index >= 15 is 0 Å². The van der Waals surface area contributed by atoms with E-state index in [2.05, 4.69) is 47.9 Å². The van der Waals surface area contributed by atoms with Crippen molar-refractivity contribution in [3.8, 4) is 11.5 Å². The monoisotopic (exact) mass is 311 g/mol. The van der Waals surface area contributed by atoms with Crippen molar-refractivity contribution in [1.29, 1.82) is 0 Å². The highest BCUT2D eigenvalue weighted by Crippen LogP contribution is 2.40. The van der Waals surface area contributed by atoms with Crippen LogP contribution >= 0.6 is 23.5 Å². The summed E-state index contributed by atoms with van der Waals surface area (Å²) in [6.45, 7) is 3.63. The van der Waals surface area contributed by atoms with Crippen molar-refractivity contribution in [3.63, 3.8) is 0 Å². The van der Waals surface area contributed by atoms with E-state index in [-0.39, 0.29) is 0 Å². The number of benzene rings is 1. The fourth-order valence-electron chi connectivity index (χ4n) is 2.79. The maximum atomic E-state index is 5.71. The van der Waals surface area contributed by atoms with E-state index in [1.807, 2.05) is 13.1 Å². The molecule has 2 aliphatic heterocycles. The second kappa shape index (κ2) is 6.50. The van der Waals surface area contributed by atoms with Crippen LogP contribution in [0.4, 0.5) is 0 Å². The Morgan fingerprint density at radius 1 is 1.15 bits per heavy atom. The second-order valence-corrected chi connectivity index (χ2v) is 7.85. The second-order valence-electron chi connectivity index (χ2n) is 5.08. The van der Waals surface area contributed by atoms with E-state index in [4.69, 9.17) is 9.47 Å². The Labute approximate surface area is 129 Å². The van der Waals surface area contributed by atoms with Crippen LogP contribution in [0, 0.1) is 0 Å². The molecule has 3 unspecified atom stereocenters. The summed E-state index contributed by atoms with van der Waals surface area (Å²) in [5, 5.41) is 4.76. The van der Waals surface area contributed by atoms with Crippen molar-refractivity contribution in [2.45, 2.75) is 23.5 Å². The molecule has 0 amide bonds. The van der Waals surface area contributed by atoms with Gasteiger partial charge in [-0.3, -0.25) is 0 Å². The molecule has 3 rings (SSSR count). The van der Waals surface area contributed by atoms with Crippen LogP contribution < -0.4 is 14.8 Å².